The Morgan fingerprint density at radius 2 is 2.15 bits per heavy atom. The fraction of sp³-hybridized carbons (Fsp3) is 0.562. The van der Waals surface area contributed by atoms with Gasteiger partial charge in [0.25, 0.3) is 0 Å². The van der Waals surface area contributed by atoms with E-state index in [2.05, 4.69) is 5.32 Å². The molecule has 20 heavy (non-hydrogen) atoms. The molecule has 1 aliphatic rings. The Morgan fingerprint density at radius 1 is 1.40 bits per heavy atom. The number of carbonyl (C=O) groups excluding carboxylic acids is 1. The molecule has 2 atom stereocenters. The Kier molecular flexibility index (Phi) is 5.56. The number of nitrogens with one attached hydrogen (secondary N) is 1. The molecule has 0 spiro atoms. The second-order valence-electron chi connectivity index (χ2n) is 5.24. The van der Waals surface area contributed by atoms with E-state index >= 15 is 0 Å². The van der Waals surface area contributed by atoms with Gasteiger partial charge in [-0.3, -0.25) is 4.79 Å². The summed E-state index contributed by atoms with van der Waals surface area (Å²) in [6, 6.07) is 8.01. The number of carbonyl (C=O) groups is 1. The standard InChI is InChI=1S/C16H23NO3/c1-12-15(8-5-9-20-12)16(18)17-10-13-6-3-4-7-14(13)11-19-2/h3-4,6-7,12,15H,5,8-11H2,1-2H3,(H,17,18). The van der Waals surface area contributed by atoms with Crippen LogP contribution in [-0.2, 0) is 27.4 Å². The molecule has 0 saturated carbocycles. The minimum atomic E-state index is -0.0293. The number of hydrogen-bond acceptors (Lipinski definition) is 3. The van der Waals surface area contributed by atoms with Crippen LogP contribution in [0.15, 0.2) is 24.3 Å². The molecule has 0 aromatic heterocycles. The maximum absolute atomic E-state index is 12.2. The lowest BCUT2D eigenvalue weighted by atomic mass is 9.94. The van der Waals surface area contributed by atoms with E-state index < -0.39 is 0 Å². The van der Waals surface area contributed by atoms with Crippen molar-refractivity contribution in [3.63, 3.8) is 0 Å². The van der Waals surface area contributed by atoms with Gasteiger partial charge in [0.2, 0.25) is 5.91 Å². The maximum Gasteiger partial charge on any atom is 0.225 e. The molecule has 110 valence electrons. The zero-order valence-electron chi connectivity index (χ0n) is 12.2. The topological polar surface area (TPSA) is 47.6 Å². The molecular weight excluding hydrogens is 254 g/mol. The number of ether oxygens (including phenoxy) is 2. The summed E-state index contributed by atoms with van der Waals surface area (Å²) >= 11 is 0. The van der Waals surface area contributed by atoms with Gasteiger partial charge in [0.15, 0.2) is 0 Å². The molecule has 1 heterocycles. The minimum absolute atomic E-state index is 0.0120. The van der Waals surface area contributed by atoms with Gasteiger partial charge in [0.1, 0.15) is 0 Å². The van der Waals surface area contributed by atoms with Gasteiger partial charge in [-0.1, -0.05) is 24.3 Å². The van der Waals surface area contributed by atoms with Gasteiger partial charge in [0.05, 0.1) is 18.6 Å². The lowest BCUT2D eigenvalue weighted by Gasteiger charge is -2.28. The zero-order chi connectivity index (χ0) is 14.4. The van der Waals surface area contributed by atoms with Crippen LogP contribution in [0.5, 0.6) is 0 Å². The van der Waals surface area contributed by atoms with Crippen molar-refractivity contribution in [1.82, 2.24) is 5.32 Å². The van der Waals surface area contributed by atoms with Crippen molar-refractivity contribution in [3.05, 3.63) is 35.4 Å². The molecule has 0 radical (unpaired) electrons. The molecule has 2 unspecified atom stereocenters. The molecule has 0 aliphatic carbocycles. The number of hydrogen-bond donors (Lipinski definition) is 1. The predicted octanol–water partition coefficient (Wildman–Crippen LogP) is 2.26. The second kappa shape index (κ2) is 7.41. The Morgan fingerprint density at radius 3 is 2.85 bits per heavy atom. The second-order valence-corrected chi connectivity index (χ2v) is 5.24. The summed E-state index contributed by atoms with van der Waals surface area (Å²) in [5.41, 5.74) is 2.22. The van der Waals surface area contributed by atoms with Crippen molar-refractivity contribution in [2.45, 2.75) is 39.0 Å². The van der Waals surface area contributed by atoms with Gasteiger partial charge < -0.3 is 14.8 Å². The molecule has 1 fully saturated rings. The van der Waals surface area contributed by atoms with E-state index in [-0.39, 0.29) is 17.9 Å². The predicted molar refractivity (Wildman–Crippen MR) is 77.1 cm³/mol. The van der Waals surface area contributed by atoms with Gasteiger partial charge >= 0.3 is 0 Å². The maximum atomic E-state index is 12.2. The van der Waals surface area contributed by atoms with Crippen molar-refractivity contribution < 1.29 is 14.3 Å². The summed E-state index contributed by atoms with van der Waals surface area (Å²) in [5, 5.41) is 3.02. The van der Waals surface area contributed by atoms with Crippen LogP contribution in [0.25, 0.3) is 0 Å². The highest BCUT2D eigenvalue weighted by Crippen LogP contribution is 2.20. The Bertz CT molecular complexity index is 447. The average Bonchev–Trinajstić information content (AvgIpc) is 2.47. The van der Waals surface area contributed by atoms with Crippen molar-refractivity contribution >= 4 is 5.91 Å². The van der Waals surface area contributed by atoms with E-state index in [9.17, 15) is 4.79 Å². The van der Waals surface area contributed by atoms with Crippen LogP contribution in [-0.4, -0.2) is 25.7 Å². The van der Waals surface area contributed by atoms with Gasteiger partial charge in [-0.05, 0) is 30.9 Å². The summed E-state index contributed by atoms with van der Waals surface area (Å²) in [6.45, 7) is 3.85. The van der Waals surface area contributed by atoms with Crippen LogP contribution in [0.1, 0.15) is 30.9 Å². The monoisotopic (exact) mass is 277 g/mol. The van der Waals surface area contributed by atoms with Gasteiger partial charge in [0, 0.05) is 20.3 Å². The molecule has 1 aromatic rings. The third-order valence-electron chi connectivity index (χ3n) is 3.81. The highest BCUT2D eigenvalue weighted by molar-refractivity contribution is 5.79. The zero-order valence-corrected chi connectivity index (χ0v) is 12.2. The first-order valence-corrected chi connectivity index (χ1v) is 7.17. The van der Waals surface area contributed by atoms with E-state index in [0.717, 1.165) is 30.6 Å². The summed E-state index contributed by atoms with van der Waals surface area (Å²) in [7, 11) is 1.68. The highest BCUT2D eigenvalue weighted by atomic mass is 16.5. The molecule has 4 heteroatoms. The average molecular weight is 277 g/mol. The largest absolute Gasteiger partial charge is 0.380 e. The summed E-state index contributed by atoms with van der Waals surface area (Å²) < 4.78 is 10.7. The minimum Gasteiger partial charge on any atom is -0.380 e. The third kappa shape index (κ3) is 3.81. The molecule has 1 saturated heterocycles. The molecule has 4 nitrogen and oxygen atoms in total. The first-order valence-electron chi connectivity index (χ1n) is 7.17. The van der Waals surface area contributed by atoms with Crippen molar-refractivity contribution in [1.29, 1.82) is 0 Å². The number of rotatable bonds is 5. The Balaban J connectivity index is 1.92. The summed E-state index contributed by atoms with van der Waals surface area (Å²) in [4.78, 5) is 12.2. The summed E-state index contributed by atoms with van der Waals surface area (Å²) in [6.07, 6.45) is 1.88. The Hall–Kier alpha value is -1.39. The quantitative estimate of drug-likeness (QED) is 0.898. The lowest BCUT2D eigenvalue weighted by molar-refractivity contribution is -0.133. The molecule has 2 rings (SSSR count). The Labute approximate surface area is 120 Å². The van der Waals surface area contributed by atoms with E-state index in [1.807, 2.05) is 31.2 Å². The van der Waals surface area contributed by atoms with Crippen LogP contribution < -0.4 is 5.32 Å². The molecule has 1 aliphatic heterocycles. The van der Waals surface area contributed by atoms with E-state index in [1.54, 1.807) is 7.11 Å². The smallest absolute Gasteiger partial charge is 0.225 e. The van der Waals surface area contributed by atoms with Crippen LogP contribution >= 0.6 is 0 Å². The third-order valence-corrected chi connectivity index (χ3v) is 3.81. The molecule has 0 bridgehead atoms. The first kappa shape index (κ1) is 15.0. The highest BCUT2D eigenvalue weighted by Gasteiger charge is 2.28. The van der Waals surface area contributed by atoms with Gasteiger partial charge in [-0.15, -0.1) is 0 Å². The molecule has 1 aromatic carbocycles. The van der Waals surface area contributed by atoms with Crippen molar-refractivity contribution in [3.8, 4) is 0 Å². The molecule has 1 N–H and O–H groups in total. The number of benzene rings is 1. The first-order chi connectivity index (χ1) is 9.72. The van der Waals surface area contributed by atoms with Crippen molar-refractivity contribution in [2.75, 3.05) is 13.7 Å². The van der Waals surface area contributed by atoms with Crippen LogP contribution in [0.4, 0.5) is 0 Å². The summed E-state index contributed by atoms with van der Waals surface area (Å²) in [5.74, 6) is 0.0581. The number of methoxy groups -OCH3 is 1. The van der Waals surface area contributed by atoms with Crippen molar-refractivity contribution in [2.24, 2.45) is 5.92 Å². The van der Waals surface area contributed by atoms with Crippen LogP contribution in [0, 0.1) is 5.92 Å². The van der Waals surface area contributed by atoms with Gasteiger partial charge in [-0.25, -0.2) is 0 Å². The molecular formula is C16H23NO3. The van der Waals surface area contributed by atoms with E-state index in [0.29, 0.717) is 13.2 Å². The fourth-order valence-corrected chi connectivity index (χ4v) is 2.61. The molecule has 1 amide bonds. The lowest BCUT2D eigenvalue weighted by Crippen LogP contribution is -2.40. The van der Waals surface area contributed by atoms with Crippen LogP contribution in [0.2, 0.25) is 0 Å². The normalized spacial score (nSPS) is 22.5. The van der Waals surface area contributed by atoms with E-state index in [1.165, 1.54) is 0 Å². The van der Waals surface area contributed by atoms with Gasteiger partial charge in [-0.2, -0.15) is 0 Å². The SMILES string of the molecule is COCc1ccccc1CNC(=O)C1CCCOC1C. The van der Waals surface area contributed by atoms with E-state index in [4.69, 9.17) is 9.47 Å². The number of amides is 1. The van der Waals surface area contributed by atoms with Crippen LogP contribution in [0.3, 0.4) is 0 Å². The fourth-order valence-electron chi connectivity index (χ4n) is 2.61.